The van der Waals surface area contributed by atoms with Crippen LogP contribution in [0.5, 0.6) is 5.75 Å². The van der Waals surface area contributed by atoms with Crippen molar-refractivity contribution in [2.24, 2.45) is 0 Å². The summed E-state index contributed by atoms with van der Waals surface area (Å²) in [6, 6.07) is 29.1. The van der Waals surface area contributed by atoms with Crippen molar-refractivity contribution in [2.45, 2.75) is 31.3 Å². The molecule has 0 spiro atoms. The molecule has 31 heavy (non-hydrogen) atoms. The van der Waals surface area contributed by atoms with Crippen molar-refractivity contribution in [3.8, 4) is 28.3 Å². The molecule has 0 aliphatic carbocycles. The Morgan fingerprint density at radius 2 is 1.42 bits per heavy atom. The number of thioether (sulfide) groups is 1. The molecule has 0 radical (unpaired) electrons. The van der Waals surface area contributed by atoms with Gasteiger partial charge in [-0.15, -0.1) is 0 Å². The topological polar surface area (TPSA) is 37.9 Å². The van der Waals surface area contributed by atoms with Crippen LogP contribution in [0.4, 0.5) is 0 Å². The van der Waals surface area contributed by atoms with E-state index in [9.17, 15) is 0 Å². The van der Waals surface area contributed by atoms with Crippen molar-refractivity contribution in [3.63, 3.8) is 0 Å². The second-order valence-corrected chi connectivity index (χ2v) is 9.55. The predicted octanol–water partition coefficient (Wildman–Crippen LogP) is 7.21. The lowest BCUT2D eigenvalue weighted by Crippen LogP contribution is -2.10. The number of H-pyrrole nitrogens is 1. The van der Waals surface area contributed by atoms with Gasteiger partial charge >= 0.3 is 0 Å². The van der Waals surface area contributed by atoms with Crippen LogP contribution in [0.15, 0.2) is 90.1 Å². The molecule has 0 amide bonds. The number of aromatic nitrogens is 2. The summed E-state index contributed by atoms with van der Waals surface area (Å²) in [6.45, 7) is 7.28. The first-order valence-electron chi connectivity index (χ1n) is 10.6. The Kier molecular flexibility index (Phi) is 6.47. The molecule has 0 saturated heterocycles. The van der Waals surface area contributed by atoms with Crippen LogP contribution in [0.25, 0.3) is 22.5 Å². The molecule has 4 heteroatoms. The van der Waals surface area contributed by atoms with Crippen LogP contribution < -0.4 is 4.74 Å². The van der Waals surface area contributed by atoms with Crippen LogP contribution in [0.3, 0.4) is 0 Å². The average Bonchev–Trinajstić information content (AvgIpc) is 3.22. The molecule has 1 N–H and O–H groups in total. The number of rotatable bonds is 7. The van der Waals surface area contributed by atoms with Gasteiger partial charge in [0.05, 0.1) is 18.0 Å². The van der Waals surface area contributed by atoms with Gasteiger partial charge in [-0.05, 0) is 23.1 Å². The first kappa shape index (κ1) is 21.3. The van der Waals surface area contributed by atoms with Crippen LogP contribution in [-0.2, 0) is 5.41 Å². The van der Waals surface area contributed by atoms with Crippen molar-refractivity contribution in [3.05, 3.63) is 90.5 Å². The lowest BCUT2D eigenvalue weighted by molar-refractivity contribution is 0.343. The van der Waals surface area contributed by atoms with E-state index in [1.807, 2.05) is 24.3 Å². The number of imidazole rings is 1. The maximum atomic E-state index is 5.94. The first-order valence-corrected chi connectivity index (χ1v) is 11.6. The van der Waals surface area contributed by atoms with Gasteiger partial charge in [0.25, 0.3) is 0 Å². The number of aromatic amines is 1. The van der Waals surface area contributed by atoms with E-state index in [4.69, 9.17) is 9.72 Å². The van der Waals surface area contributed by atoms with Crippen LogP contribution >= 0.6 is 11.8 Å². The van der Waals surface area contributed by atoms with Crippen LogP contribution in [0, 0.1) is 0 Å². The predicted molar refractivity (Wildman–Crippen MR) is 131 cm³/mol. The number of hydrogen-bond acceptors (Lipinski definition) is 3. The Balaban J connectivity index is 1.43. The minimum Gasteiger partial charge on any atom is -0.493 e. The van der Waals surface area contributed by atoms with Crippen LogP contribution in [-0.4, -0.2) is 22.3 Å². The average molecular weight is 429 g/mol. The molecule has 0 atom stereocenters. The first-order chi connectivity index (χ1) is 15.0. The summed E-state index contributed by atoms with van der Waals surface area (Å²) < 4.78 is 5.94. The highest BCUT2D eigenvalue weighted by Gasteiger charge is 2.15. The van der Waals surface area contributed by atoms with E-state index < -0.39 is 0 Å². The van der Waals surface area contributed by atoms with Crippen molar-refractivity contribution in [1.82, 2.24) is 9.97 Å². The second kappa shape index (κ2) is 9.44. The quantitative estimate of drug-likeness (QED) is 0.250. The molecule has 1 aromatic heterocycles. The molecule has 158 valence electrons. The number of ether oxygens (including phenoxy) is 1. The van der Waals surface area contributed by atoms with Gasteiger partial charge in [0.15, 0.2) is 5.16 Å². The van der Waals surface area contributed by atoms with Crippen LogP contribution in [0.2, 0.25) is 0 Å². The standard InChI is InChI=1S/C27H28N2OS/c1-27(2,3)22-14-16-23(17-15-22)30-18-19-31-26-28-24(20-10-6-4-7-11-20)25(29-26)21-12-8-5-9-13-21/h4-17H,18-19H2,1-3H3,(H,28,29). The van der Waals surface area contributed by atoms with Crippen molar-refractivity contribution < 1.29 is 4.74 Å². The Morgan fingerprint density at radius 1 is 0.806 bits per heavy atom. The number of nitrogens with one attached hydrogen (secondary N) is 1. The normalized spacial score (nSPS) is 11.5. The molecule has 4 aromatic rings. The highest BCUT2D eigenvalue weighted by Crippen LogP contribution is 2.32. The molecule has 0 bridgehead atoms. The van der Waals surface area contributed by atoms with Gasteiger partial charge in [-0.25, -0.2) is 4.98 Å². The molecule has 0 aliphatic rings. The van der Waals surface area contributed by atoms with E-state index in [0.29, 0.717) is 6.61 Å². The van der Waals surface area contributed by atoms with E-state index in [2.05, 4.69) is 86.4 Å². The summed E-state index contributed by atoms with van der Waals surface area (Å²) in [7, 11) is 0. The van der Waals surface area contributed by atoms with Crippen molar-refractivity contribution >= 4 is 11.8 Å². The molecule has 0 saturated carbocycles. The largest absolute Gasteiger partial charge is 0.493 e. The fourth-order valence-electron chi connectivity index (χ4n) is 3.39. The third-order valence-electron chi connectivity index (χ3n) is 5.10. The summed E-state index contributed by atoms with van der Waals surface area (Å²) in [5, 5.41) is 0.907. The number of benzene rings is 3. The molecule has 0 unspecified atom stereocenters. The highest BCUT2D eigenvalue weighted by molar-refractivity contribution is 7.99. The molecule has 0 aliphatic heterocycles. The summed E-state index contributed by atoms with van der Waals surface area (Å²) in [4.78, 5) is 8.41. The Morgan fingerprint density at radius 3 is 2.03 bits per heavy atom. The number of hydrogen-bond donors (Lipinski definition) is 1. The minimum absolute atomic E-state index is 0.153. The number of nitrogens with zero attached hydrogens (tertiary/aromatic N) is 1. The van der Waals surface area contributed by atoms with Crippen molar-refractivity contribution in [1.29, 1.82) is 0 Å². The zero-order chi connectivity index (χ0) is 21.7. The Labute approximate surface area is 188 Å². The van der Waals surface area contributed by atoms with E-state index in [1.165, 1.54) is 5.56 Å². The smallest absolute Gasteiger partial charge is 0.166 e. The fourth-order valence-corrected chi connectivity index (χ4v) is 4.08. The van der Waals surface area contributed by atoms with E-state index >= 15 is 0 Å². The maximum Gasteiger partial charge on any atom is 0.166 e. The highest BCUT2D eigenvalue weighted by atomic mass is 32.2. The third-order valence-corrected chi connectivity index (χ3v) is 5.94. The van der Waals surface area contributed by atoms with Gasteiger partial charge in [0.2, 0.25) is 0 Å². The van der Waals surface area contributed by atoms with Gasteiger partial charge in [-0.1, -0.05) is 105 Å². The van der Waals surface area contributed by atoms with Crippen LogP contribution in [0.1, 0.15) is 26.3 Å². The maximum absolute atomic E-state index is 5.94. The van der Waals surface area contributed by atoms with E-state index in [-0.39, 0.29) is 5.41 Å². The molecule has 0 fully saturated rings. The zero-order valence-electron chi connectivity index (χ0n) is 18.3. The van der Waals surface area contributed by atoms with E-state index in [0.717, 1.165) is 39.2 Å². The fraction of sp³-hybridized carbons (Fsp3) is 0.222. The summed E-state index contributed by atoms with van der Waals surface area (Å²) in [5.74, 6) is 1.72. The molecular weight excluding hydrogens is 400 g/mol. The SMILES string of the molecule is CC(C)(C)c1ccc(OCCSc2nc(-c3ccccc3)c(-c3ccccc3)[nH]2)cc1. The summed E-state index contributed by atoms with van der Waals surface area (Å²) >= 11 is 1.68. The summed E-state index contributed by atoms with van der Waals surface area (Å²) in [6.07, 6.45) is 0. The molecule has 4 rings (SSSR count). The zero-order valence-corrected chi connectivity index (χ0v) is 19.1. The Bertz CT molecular complexity index is 1040. The second-order valence-electron chi connectivity index (χ2n) is 8.47. The lowest BCUT2D eigenvalue weighted by Gasteiger charge is -2.19. The third kappa shape index (κ3) is 5.39. The van der Waals surface area contributed by atoms with Crippen molar-refractivity contribution in [2.75, 3.05) is 12.4 Å². The van der Waals surface area contributed by atoms with Gasteiger partial charge in [0, 0.05) is 16.9 Å². The lowest BCUT2D eigenvalue weighted by atomic mass is 9.87. The monoisotopic (exact) mass is 428 g/mol. The van der Waals surface area contributed by atoms with E-state index in [1.54, 1.807) is 11.8 Å². The van der Waals surface area contributed by atoms with Gasteiger partial charge in [0.1, 0.15) is 5.75 Å². The molecule has 3 nitrogen and oxygen atoms in total. The molecular formula is C27H28N2OS. The minimum atomic E-state index is 0.153. The Hall–Kier alpha value is -2.98. The summed E-state index contributed by atoms with van der Waals surface area (Å²) in [5.41, 5.74) is 5.74. The van der Waals surface area contributed by atoms with Gasteiger partial charge < -0.3 is 9.72 Å². The molecule has 3 aromatic carbocycles. The molecule has 1 heterocycles. The van der Waals surface area contributed by atoms with Gasteiger partial charge in [-0.3, -0.25) is 0 Å². The van der Waals surface area contributed by atoms with Gasteiger partial charge in [-0.2, -0.15) is 0 Å².